The van der Waals surface area contributed by atoms with Crippen molar-refractivity contribution in [2.45, 2.75) is 39.5 Å². The molecule has 1 N–H and O–H groups in total. The van der Waals surface area contributed by atoms with E-state index < -0.39 is 0 Å². The standard InChI is InChI=1S/C11H18O/c1-3-4-5-8-11(2)9-6-7-10-12/h7,12H,3-5,8,10H2,1-2H3. The quantitative estimate of drug-likeness (QED) is 0.492. The lowest BCUT2D eigenvalue weighted by atomic mass is 10.1. The smallest absolute Gasteiger partial charge is 0.0692 e. The van der Waals surface area contributed by atoms with Crippen LogP contribution in [0, 0.1) is 0 Å². The molecule has 0 rings (SSSR count). The van der Waals surface area contributed by atoms with Gasteiger partial charge in [0, 0.05) is 0 Å². The number of allylic oxidation sites excluding steroid dienone is 1. The van der Waals surface area contributed by atoms with Crippen LogP contribution >= 0.6 is 0 Å². The van der Waals surface area contributed by atoms with Gasteiger partial charge in [0.2, 0.25) is 0 Å². The predicted molar refractivity (Wildman–Crippen MR) is 52.0 cm³/mol. The minimum atomic E-state index is 0.0508. The van der Waals surface area contributed by atoms with E-state index in [2.05, 4.69) is 18.4 Å². The van der Waals surface area contributed by atoms with Gasteiger partial charge in [0.15, 0.2) is 0 Å². The average molecular weight is 166 g/mol. The van der Waals surface area contributed by atoms with Gasteiger partial charge in [0.05, 0.1) is 6.61 Å². The van der Waals surface area contributed by atoms with E-state index in [1.807, 2.05) is 6.92 Å². The summed E-state index contributed by atoms with van der Waals surface area (Å²) in [5, 5.41) is 8.43. The zero-order valence-electron chi connectivity index (χ0n) is 8.06. The first-order valence-electron chi connectivity index (χ1n) is 4.57. The van der Waals surface area contributed by atoms with Crippen molar-refractivity contribution in [3.8, 4) is 0 Å². The summed E-state index contributed by atoms with van der Waals surface area (Å²) >= 11 is 0. The van der Waals surface area contributed by atoms with Gasteiger partial charge < -0.3 is 5.11 Å². The van der Waals surface area contributed by atoms with Crippen molar-refractivity contribution in [1.29, 1.82) is 0 Å². The Morgan fingerprint density at radius 1 is 1.42 bits per heavy atom. The minimum Gasteiger partial charge on any atom is -0.392 e. The summed E-state index contributed by atoms with van der Waals surface area (Å²) < 4.78 is 0. The van der Waals surface area contributed by atoms with Crippen molar-refractivity contribution in [3.05, 3.63) is 23.1 Å². The van der Waals surface area contributed by atoms with Gasteiger partial charge in [-0.1, -0.05) is 31.2 Å². The molecule has 0 fully saturated rings. The van der Waals surface area contributed by atoms with E-state index in [0.29, 0.717) is 0 Å². The van der Waals surface area contributed by atoms with Crippen LogP contribution in [0.1, 0.15) is 39.5 Å². The third-order valence-corrected chi connectivity index (χ3v) is 1.63. The molecule has 0 bridgehead atoms. The summed E-state index contributed by atoms with van der Waals surface area (Å²) in [6.07, 6.45) is 6.44. The maximum Gasteiger partial charge on any atom is 0.0692 e. The highest BCUT2D eigenvalue weighted by atomic mass is 16.2. The Bertz CT molecular complexity index is 191. The first-order chi connectivity index (χ1) is 5.81. The van der Waals surface area contributed by atoms with Gasteiger partial charge in [-0.2, -0.15) is 0 Å². The molecule has 0 spiro atoms. The average Bonchev–Trinajstić information content (AvgIpc) is 2.06. The zero-order valence-corrected chi connectivity index (χ0v) is 8.06. The molecule has 0 radical (unpaired) electrons. The van der Waals surface area contributed by atoms with Crippen LogP contribution in [0.5, 0.6) is 0 Å². The van der Waals surface area contributed by atoms with Crippen LogP contribution in [0.2, 0.25) is 0 Å². The van der Waals surface area contributed by atoms with Crippen LogP contribution in [0.3, 0.4) is 0 Å². The molecule has 0 aliphatic rings. The van der Waals surface area contributed by atoms with Crippen LogP contribution in [-0.2, 0) is 0 Å². The number of unbranched alkanes of at least 4 members (excludes halogenated alkanes) is 2. The Balaban J connectivity index is 3.77. The molecule has 12 heavy (non-hydrogen) atoms. The molecule has 0 aromatic carbocycles. The molecule has 0 saturated heterocycles. The Labute approximate surface area is 75.1 Å². The van der Waals surface area contributed by atoms with Crippen LogP contribution < -0.4 is 0 Å². The van der Waals surface area contributed by atoms with Crippen LogP contribution in [0.15, 0.2) is 23.1 Å². The molecule has 0 aromatic rings. The maximum atomic E-state index is 8.43. The Hall–Kier alpha value is -0.740. The second-order valence-corrected chi connectivity index (χ2v) is 2.89. The first kappa shape index (κ1) is 11.3. The molecule has 0 aliphatic carbocycles. The Kier molecular flexibility index (Phi) is 7.84. The van der Waals surface area contributed by atoms with Crippen molar-refractivity contribution < 1.29 is 5.11 Å². The predicted octanol–water partition coefficient (Wildman–Crippen LogP) is 2.82. The molecule has 1 heteroatoms. The fraction of sp³-hybridized carbons (Fsp3) is 0.636. The number of hydrogen-bond acceptors (Lipinski definition) is 1. The largest absolute Gasteiger partial charge is 0.392 e. The van der Waals surface area contributed by atoms with Crippen LogP contribution in [-0.4, -0.2) is 11.7 Å². The van der Waals surface area contributed by atoms with Gasteiger partial charge in [-0.05, 0) is 31.4 Å². The van der Waals surface area contributed by atoms with E-state index in [1.165, 1.54) is 24.8 Å². The summed E-state index contributed by atoms with van der Waals surface area (Å²) in [7, 11) is 0. The molecule has 0 aromatic heterocycles. The van der Waals surface area contributed by atoms with E-state index in [0.717, 1.165) is 6.42 Å². The molecule has 0 unspecified atom stereocenters. The highest BCUT2D eigenvalue weighted by Crippen LogP contribution is 2.05. The topological polar surface area (TPSA) is 20.2 Å². The zero-order chi connectivity index (χ0) is 9.23. The number of rotatable bonds is 5. The SMILES string of the molecule is CCCCCC(C)=C=C=CCO. The lowest BCUT2D eigenvalue weighted by Crippen LogP contribution is -1.76. The van der Waals surface area contributed by atoms with Crippen molar-refractivity contribution in [1.82, 2.24) is 0 Å². The summed E-state index contributed by atoms with van der Waals surface area (Å²) in [5.41, 5.74) is 7.01. The highest BCUT2D eigenvalue weighted by Gasteiger charge is 1.87. The molecule has 0 heterocycles. The van der Waals surface area contributed by atoms with Crippen LogP contribution in [0.25, 0.3) is 0 Å². The molecular weight excluding hydrogens is 148 g/mol. The van der Waals surface area contributed by atoms with E-state index >= 15 is 0 Å². The highest BCUT2D eigenvalue weighted by molar-refractivity contribution is 4.98. The summed E-state index contributed by atoms with van der Waals surface area (Å²) in [5.74, 6) is 0. The molecule has 0 saturated carbocycles. The third kappa shape index (κ3) is 7.37. The monoisotopic (exact) mass is 166 g/mol. The van der Waals surface area contributed by atoms with Gasteiger partial charge in [-0.25, -0.2) is 0 Å². The second-order valence-electron chi connectivity index (χ2n) is 2.89. The van der Waals surface area contributed by atoms with Crippen molar-refractivity contribution in [2.75, 3.05) is 6.61 Å². The lowest BCUT2D eigenvalue weighted by Gasteiger charge is -1.94. The Morgan fingerprint density at radius 3 is 2.75 bits per heavy atom. The number of hydrogen-bond donors (Lipinski definition) is 1. The Morgan fingerprint density at radius 2 is 2.17 bits per heavy atom. The van der Waals surface area contributed by atoms with Crippen molar-refractivity contribution in [3.63, 3.8) is 0 Å². The molecule has 0 amide bonds. The summed E-state index contributed by atoms with van der Waals surface area (Å²) in [6, 6.07) is 0. The molecule has 0 atom stereocenters. The fourth-order valence-electron chi connectivity index (χ4n) is 0.923. The van der Waals surface area contributed by atoms with Crippen molar-refractivity contribution >= 4 is 0 Å². The van der Waals surface area contributed by atoms with Gasteiger partial charge in [0.1, 0.15) is 0 Å². The molecule has 1 nitrogen and oxygen atoms in total. The third-order valence-electron chi connectivity index (χ3n) is 1.63. The molecule has 0 aliphatic heterocycles. The number of aliphatic hydroxyl groups excluding tert-OH is 1. The van der Waals surface area contributed by atoms with E-state index in [9.17, 15) is 0 Å². The van der Waals surface area contributed by atoms with E-state index in [4.69, 9.17) is 5.11 Å². The number of aliphatic hydroxyl groups is 1. The van der Waals surface area contributed by atoms with Gasteiger partial charge in [-0.15, -0.1) is 0 Å². The minimum absolute atomic E-state index is 0.0508. The van der Waals surface area contributed by atoms with Gasteiger partial charge in [-0.3, -0.25) is 0 Å². The van der Waals surface area contributed by atoms with Gasteiger partial charge >= 0.3 is 0 Å². The van der Waals surface area contributed by atoms with E-state index in [-0.39, 0.29) is 6.61 Å². The van der Waals surface area contributed by atoms with Crippen molar-refractivity contribution in [2.24, 2.45) is 0 Å². The van der Waals surface area contributed by atoms with Gasteiger partial charge in [0.25, 0.3) is 0 Å². The van der Waals surface area contributed by atoms with Crippen LogP contribution in [0.4, 0.5) is 0 Å². The first-order valence-corrected chi connectivity index (χ1v) is 4.57. The molecule has 68 valence electrons. The van der Waals surface area contributed by atoms with E-state index in [1.54, 1.807) is 6.08 Å². The molecular formula is C11H18O. The lowest BCUT2D eigenvalue weighted by molar-refractivity contribution is 0.343. The summed E-state index contributed by atoms with van der Waals surface area (Å²) in [4.78, 5) is 0. The maximum absolute atomic E-state index is 8.43. The second kappa shape index (κ2) is 8.36. The normalized spacial score (nSPS) is 8.58. The fourth-order valence-corrected chi connectivity index (χ4v) is 0.923. The summed E-state index contributed by atoms with van der Waals surface area (Å²) in [6.45, 7) is 4.30.